The second-order valence-corrected chi connectivity index (χ2v) is 9.98. The molecule has 0 fully saturated rings. The monoisotopic (exact) mass is 561 g/mol. The molecule has 4 rings (SSSR count). The first-order valence-electron chi connectivity index (χ1n) is 10.5. The second-order valence-electron chi connectivity index (χ2n) is 7.37. The number of amidine groups is 1. The van der Waals surface area contributed by atoms with Crippen LogP contribution >= 0.6 is 11.3 Å². The van der Waals surface area contributed by atoms with Gasteiger partial charge in [-0.25, -0.2) is 15.3 Å². The van der Waals surface area contributed by atoms with E-state index in [1.807, 2.05) is 13.8 Å². The van der Waals surface area contributed by atoms with E-state index in [0.717, 1.165) is 16.9 Å². The number of carboxylic acids is 1. The number of nitrogens with two attached hydrogens (primary N) is 1. The Morgan fingerprint density at radius 3 is 2.50 bits per heavy atom. The number of carbonyl (C=O) groups is 1. The molecular formula is C21H23N9O6S2. The molecule has 0 spiro atoms. The molecule has 2 heterocycles. The van der Waals surface area contributed by atoms with E-state index in [1.54, 1.807) is 29.4 Å². The molecule has 0 saturated heterocycles. The zero-order valence-electron chi connectivity index (χ0n) is 20.0. The number of hydrazone groups is 2. The number of aromatic nitrogens is 1. The van der Waals surface area contributed by atoms with Crippen LogP contribution in [0.2, 0.25) is 0 Å². The predicted octanol–water partition coefficient (Wildman–Crippen LogP) is 2.50. The van der Waals surface area contributed by atoms with Gasteiger partial charge in [-0.05, 0) is 50.2 Å². The van der Waals surface area contributed by atoms with E-state index in [4.69, 9.17) is 15.4 Å². The Morgan fingerprint density at radius 2 is 1.97 bits per heavy atom. The van der Waals surface area contributed by atoms with Gasteiger partial charge in [0.05, 0.1) is 16.3 Å². The lowest BCUT2D eigenvalue weighted by atomic mass is 10.2. The molecule has 0 unspecified atom stereocenters. The van der Waals surface area contributed by atoms with Crippen molar-refractivity contribution in [3.8, 4) is 5.75 Å². The molecule has 0 amide bonds. The van der Waals surface area contributed by atoms with Crippen LogP contribution in [0.3, 0.4) is 0 Å². The van der Waals surface area contributed by atoms with Gasteiger partial charge in [-0.3, -0.25) is 9.98 Å². The van der Waals surface area contributed by atoms with E-state index in [-0.39, 0.29) is 4.90 Å². The third-order valence-corrected chi connectivity index (χ3v) is 6.66. The first-order valence-corrected chi connectivity index (χ1v) is 12.8. The summed E-state index contributed by atoms with van der Waals surface area (Å²) in [5, 5.41) is 22.7. The van der Waals surface area contributed by atoms with Crippen molar-refractivity contribution >= 4 is 50.4 Å². The minimum atomic E-state index is -4.33. The van der Waals surface area contributed by atoms with Crippen molar-refractivity contribution in [1.82, 2.24) is 10.4 Å². The molecule has 3 aromatic rings. The Bertz CT molecular complexity index is 1450. The fourth-order valence-corrected chi connectivity index (χ4v) is 4.28. The number of carboxylic acid groups (broad SMARTS) is 1. The Labute approximate surface area is 221 Å². The van der Waals surface area contributed by atoms with Crippen LogP contribution in [0.1, 0.15) is 16.1 Å². The maximum absolute atomic E-state index is 11.4. The third kappa shape index (κ3) is 6.99. The summed E-state index contributed by atoms with van der Waals surface area (Å²) in [4.78, 5) is 16.1. The zero-order valence-corrected chi connectivity index (χ0v) is 21.6. The fraction of sp³-hybridized carbons (Fsp3) is 0.143. The highest BCUT2D eigenvalue weighted by molar-refractivity contribution is 7.85. The lowest BCUT2D eigenvalue weighted by Gasteiger charge is -2.25. The van der Waals surface area contributed by atoms with Gasteiger partial charge in [0, 0.05) is 10.4 Å². The predicted molar refractivity (Wildman–Crippen MR) is 140 cm³/mol. The van der Waals surface area contributed by atoms with Gasteiger partial charge in [-0.2, -0.15) is 18.6 Å². The van der Waals surface area contributed by atoms with Gasteiger partial charge in [0.1, 0.15) is 5.75 Å². The minimum absolute atomic E-state index is 0.234. The smallest absolute Gasteiger partial charge is 0.341 e. The number of nitrogens with zero attached hydrogens (tertiary/aromatic N) is 6. The first-order chi connectivity index (χ1) is 18.0. The first kappa shape index (κ1) is 28.0. The molecule has 1 aromatic heterocycles. The average molecular weight is 562 g/mol. The normalized spacial score (nSPS) is 13.0. The van der Waals surface area contributed by atoms with E-state index in [1.165, 1.54) is 40.7 Å². The Hall–Kier alpha value is -4.61. The van der Waals surface area contributed by atoms with Gasteiger partial charge >= 0.3 is 5.97 Å². The molecule has 0 saturated carbocycles. The van der Waals surface area contributed by atoms with E-state index >= 15 is 0 Å². The number of anilines is 2. The van der Waals surface area contributed by atoms with Gasteiger partial charge in [0.15, 0.2) is 18.8 Å². The Morgan fingerprint density at radius 1 is 1.26 bits per heavy atom. The summed E-state index contributed by atoms with van der Waals surface area (Å²) in [7, 11) is -4.33. The molecule has 0 aliphatic carbocycles. The quantitative estimate of drug-likeness (QED) is 0.0671. The molecule has 200 valence electrons. The highest BCUT2D eigenvalue weighted by Gasteiger charge is 2.29. The maximum atomic E-state index is 11.4. The van der Waals surface area contributed by atoms with Crippen molar-refractivity contribution in [3.63, 3.8) is 0 Å². The van der Waals surface area contributed by atoms with E-state index in [0.29, 0.717) is 28.0 Å². The molecule has 2 aromatic carbocycles. The Kier molecular flexibility index (Phi) is 8.89. The zero-order chi connectivity index (χ0) is 27.9. The average Bonchev–Trinajstić information content (AvgIpc) is 3.47. The van der Waals surface area contributed by atoms with Gasteiger partial charge in [0.2, 0.25) is 5.13 Å². The lowest BCUT2D eigenvalue weighted by molar-refractivity contribution is -0.139. The van der Waals surface area contributed by atoms with Crippen LogP contribution in [0.15, 0.2) is 68.7 Å². The fourth-order valence-electron chi connectivity index (χ4n) is 2.95. The molecule has 0 atom stereocenters. The summed E-state index contributed by atoms with van der Waals surface area (Å²) in [5.74, 6) is 4.20. The number of aryl methyl sites for hydroxylation is 2. The van der Waals surface area contributed by atoms with Crippen LogP contribution in [0.5, 0.6) is 5.75 Å². The SMILES string of the molecule is Cc1nc(N2N=C(c3cccc(OCC(=O)O)c3)NN2c2ccc(S(=O)(=O)O)cc2)sc1C.N=NC=NN. The number of rotatable bonds is 8. The minimum Gasteiger partial charge on any atom is -0.482 e. The van der Waals surface area contributed by atoms with Crippen molar-refractivity contribution < 1.29 is 27.6 Å². The second kappa shape index (κ2) is 12.1. The highest BCUT2D eigenvalue weighted by Crippen LogP contribution is 2.31. The van der Waals surface area contributed by atoms with Gasteiger partial charge in [-0.15, -0.1) is 15.3 Å². The van der Waals surface area contributed by atoms with Crippen molar-refractivity contribution in [3.05, 3.63) is 64.7 Å². The van der Waals surface area contributed by atoms with Crippen molar-refractivity contribution in [2.24, 2.45) is 21.2 Å². The van der Waals surface area contributed by atoms with Gasteiger partial charge in [-0.1, -0.05) is 23.5 Å². The molecule has 0 bridgehead atoms. The number of aliphatic carboxylic acids is 1. The van der Waals surface area contributed by atoms with Crippen LogP contribution in [-0.2, 0) is 14.9 Å². The van der Waals surface area contributed by atoms with E-state index < -0.39 is 22.7 Å². The molecule has 6 N–H and O–H groups in total. The van der Waals surface area contributed by atoms with Crippen molar-refractivity contribution in [2.45, 2.75) is 18.7 Å². The maximum Gasteiger partial charge on any atom is 0.341 e. The third-order valence-electron chi connectivity index (χ3n) is 4.76. The number of hydrogen-bond donors (Lipinski definition) is 5. The summed E-state index contributed by atoms with van der Waals surface area (Å²) >= 11 is 1.43. The van der Waals surface area contributed by atoms with Gasteiger partial charge in [0.25, 0.3) is 10.1 Å². The number of hydrazine groups is 2. The summed E-state index contributed by atoms with van der Waals surface area (Å²) in [6.45, 7) is 3.36. The molecular weight excluding hydrogens is 538 g/mol. The van der Waals surface area contributed by atoms with Gasteiger partial charge < -0.3 is 15.7 Å². The topological polar surface area (TPSA) is 219 Å². The van der Waals surface area contributed by atoms with Crippen molar-refractivity contribution in [1.29, 1.82) is 5.53 Å². The summed E-state index contributed by atoms with van der Waals surface area (Å²) < 4.78 is 37.3. The largest absolute Gasteiger partial charge is 0.482 e. The molecule has 0 radical (unpaired) electrons. The number of thiazole rings is 1. The van der Waals surface area contributed by atoms with Crippen LogP contribution in [0.25, 0.3) is 0 Å². The van der Waals surface area contributed by atoms with Crippen LogP contribution < -0.4 is 26.2 Å². The molecule has 15 nitrogen and oxygen atoms in total. The molecule has 1 aliphatic heterocycles. The molecule has 1 aliphatic rings. The van der Waals surface area contributed by atoms with Crippen LogP contribution in [0.4, 0.5) is 10.8 Å². The van der Waals surface area contributed by atoms with Crippen LogP contribution in [-0.4, -0.2) is 47.8 Å². The van der Waals surface area contributed by atoms with E-state index in [2.05, 4.69) is 31.6 Å². The highest BCUT2D eigenvalue weighted by atomic mass is 32.2. The molecule has 38 heavy (non-hydrogen) atoms. The van der Waals surface area contributed by atoms with Crippen LogP contribution in [0, 0.1) is 19.4 Å². The lowest BCUT2D eigenvalue weighted by Crippen LogP contribution is -2.44. The Balaban J connectivity index is 0.000000732. The summed E-state index contributed by atoms with van der Waals surface area (Å²) in [6, 6.07) is 12.4. The number of nitrogens with one attached hydrogen (secondary N) is 2. The number of benzene rings is 2. The number of ether oxygens (including phenoxy) is 1. The number of hydrogen-bond acceptors (Lipinski definition) is 13. The standard InChI is InChI=1S/C20H19N5O6S2.CH4N4/c1-12-13(2)32-20(21-12)25-23-19(14-4-3-5-16(10-14)31-11-18(26)27)22-24(25)15-6-8-17(9-7-15)33(28,29)30;2-4-1-5-3/h3-10H,11H2,1-2H3,(H,22,23)(H,26,27)(H,28,29,30);1-2H,3H2. The summed E-state index contributed by atoms with van der Waals surface area (Å²) in [5.41, 5.74) is 11.2. The van der Waals surface area contributed by atoms with Crippen molar-refractivity contribution in [2.75, 3.05) is 16.8 Å². The summed E-state index contributed by atoms with van der Waals surface area (Å²) in [6.07, 6.45) is 0.944. The molecule has 17 heteroatoms. The van der Waals surface area contributed by atoms with E-state index in [9.17, 15) is 17.8 Å².